The second-order valence-corrected chi connectivity index (χ2v) is 7.38. The van der Waals surface area contributed by atoms with Gasteiger partial charge in [0.05, 0.1) is 25.3 Å². The van der Waals surface area contributed by atoms with Crippen LogP contribution in [0.3, 0.4) is 0 Å². The van der Waals surface area contributed by atoms with Crippen LogP contribution < -0.4 is 10.1 Å². The molecular weight excluding hydrogens is 390 g/mol. The number of benzene rings is 2. The van der Waals surface area contributed by atoms with Gasteiger partial charge in [0.2, 0.25) is 11.8 Å². The van der Waals surface area contributed by atoms with Crippen LogP contribution in [0.25, 0.3) is 11.5 Å². The first-order chi connectivity index (χ1) is 15.0. The van der Waals surface area contributed by atoms with E-state index in [-0.39, 0.29) is 18.4 Å². The molecule has 1 unspecified atom stereocenters. The van der Waals surface area contributed by atoms with Gasteiger partial charge < -0.3 is 14.5 Å². The molecule has 0 bridgehead atoms. The summed E-state index contributed by atoms with van der Waals surface area (Å²) in [5.41, 5.74) is 2.68. The number of likely N-dealkylation sites (N-methyl/N-ethyl adjacent to an activating group) is 1. The quantitative estimate of drug-likeness (QED) is 0.526. The van der Waals surface area contributed by atoms with Crippen LogP contribution in [0.2, 0.25) is 0 Å². The van der Waals surface area contributed by atoms with E-state index in [1.54, 1.807) is 7.11 Å². The zero-order valence-corrected chi connectivity index (χ0v) is 18.7. The summed E-state index contributed by atoms with van der Waals surface area (Å²) in [4.78, 5) is 19.6. The Morgan fingerprint density at radius 1 is 1.13 bits per heavy atom. The largest absolute Gasteiger partial charge is 0.497 e. The van der Waals surface area contributed by atoms with E-state index in [1.807, 2.05) is 55.5 Å². The third-order valence-corrected chi connectivity index (χ3v) is 5.47. The monoisotopic (exact) mass is 421 g/mol. The van der Waals surface area contributed by atoms with Gasteiger partial charge in [-0.15, -0.1) is 0 Å². The number of ether oxygens (including phenoxy) is 1. The van der Waals surface area contributed by atoms with Gasteiger partial charge in [-0.1, -0.05) is 44.2 Å². The van der Waals surface area contributed by atoms with Crippen LogP contribution in [0.1, 0.15) is 36.9 Å². The van der Waals surface area contributed by atoms with Crippen LogP contribution >= 0.6 is 0 Å². The van der Waals surface area contributed by atoms with Gasteiger partial charge in [-0.2, -0.15) is 0 Å². The summed E-state index contributed by atoms with van der Waals surface area (Å²) in [7, 11) is 1.66. The second kappa shape index (κ2) is 10.8. The number of aryl methyl sites for hydroxylation is 1. The SMILES string of the molecule is CCN(CC)C(CNC(=O)Cc1nc(-c2ccccc2)oc1C)c1cccc(OC)c1. The van der Waals surface area contributed by atoms with E-state index in [0.717, 1.165) is 30.0 Å². The number of rotatable bonds is 10. The molecule has 0 saturated heterocycles. The molecule has 164 valence electrons. The number of nitrogens with one attached hydrogen (secondary N) is 1. The predicted octanol–water partition coefficient (Wildman–Crippen LogP) is 4.40. The zero-order valence-electron chi connectivity index (χ0n) is 18.7. The molecule has 1 heterocycles. The summed E-state index contributed by atoms with van der Waals surface area (Å²) < 4.78 is 11.2. The Labute approximate surface area is 184 Å². The van der Waals surface area contributed by atoms with Crippen LogP contribution in [-0.2, 0) is 11.2 Å². The lowest BCUT2D eigenvalue weighted by molar-refractivity contribution is -0.120. The van der Waals surface area contributed by atoms with Gasteiger partial charge in [0.25, 0.3) is 0 Å². The van der Waals surface area contributed by atoms with E-state index in [0.29, 0.717) is 23.9 Å². The zero-order chi connectivity index (χ0) is 22.2. The molecule has 0 aliphatic carbocycles. The molecule has 2 aromatic carbocycles. The number of oxazole rings is 1. The smallest absolute Gasteiger partial charge is 0.226 e. The maximum atomic E-state index is 12.7. The van der Waals surface area contributed by atoms with Crippen molar-refractivity contribution in [2.45, 2.75) is 33.2 Å². The van der Waals surface area contributed by atoms with Gasteiger partial charge in [-0.25, -0.2) is 4.98 Å². The van der Waals surface area contributed by atoms with Crippen molar-refractivity contribution in [3.05, 3.63) is 71.6 Å². The fraction of sp³-hybridized carbons (Fsp3) is 0.360. The number of aromatic nitrogens is 1. The minimum absolute atomic E-state index is 0.0623. The molecular formula is C25H31N3O3. The second-order valence-electron chi connectivity index (χ2n) is 7.38. The molecule has 0 radical (unpaired) electrons. The maximum absolute atomic E-state index is 12.7. The molecule has 0 aliphatic rings. The van der Waals surface area contributed by atoms with Gasteiger partial charge in [0.1, 0.15) is 11.5 Å². The van der Waals surface area contributed by atoms with Crippen LogP contribution in [0.5, 0.6) is 5.75 Å². The lowest BCUT2D eigenvalue weighted by Gasteiger charge is -2.30. The molecule has 0 fully saturated rings. The van der Waals surface area contributed by atoms with Crippen molar-refractivity contribution in [2.75, 3.05) is 26.7 Å². The van der Waals surface area contributed by atoms with Gasteiger partial charge >= 0.3 is 0 Å². The summed E-state index contributed by atoms with van der Waals surface area (Å²) in [5, 5.41) is 3.09. The van der Waals surface area contributed by atoms with Gasteiger partial charge in [0.15, 0.2) is 0 Å². The van der Waals surface area contributed by atoms with Crippen molar-refractivity contribution in [1.29, 1.82) is 0 Å². The standard InChI is InChI=1S/C25H31N3O3/c1-5-28(6-2)23(20-13-10-14-21(15-20)30-4)17-26-24(29)16-22-18(3)31-25(27-22)19-11-8-7-9-12-19/h7-15,23H,5-6,16-17H2,1-4H3,(H,26,29). The van der Waals surface area contributed by atoms with Gasteiger partial charge in [-0.05, 0) is 49.8 Å². The molecule has 31 heavy (non-hydrogen) atoms. The minimum atomic E-state index is -0.0731. The number of carbonyl (C=O) groups excluding carboxylic acids is 1. The molecule has 3 rings (SSSR count). The first-order valence-corrected chi connectivity index (χ1v) is 10.7. The Hall–Kier alpha value is -3.12. The molecule has 1 N–H and O–H groups in total. The highest BCUT2D eigenvalue weighted by atomic mass is 16.5. The van der Waals surface area contributed by atoms with Crippen molar-refractivity contribution < 1.29 is 13.9 Å². The summed E-state index contributed by atoms with van der Waals surface area (Å²) in [6, 6.07) is 17.8. The maximum Gasteiger partial charge on any atom is 0.226 e. The molecule has 6 nitrogen and oxygen atoms in total. The van der Waals surface area contributed by atoms with Crippen molar-refractivity contribution in [1.82, 2.24) is 15.2 Å². The van der Waals surface area contributed by atoms with E-state index in [9.17, 15) is 4.79 Å². The summed E-state index contributed by atoms with van der Waals surface area (Å²) >= 11 is 0. The topological polar surface area (TPSA) is 67.6 Å². The number of carbonyl (C=O) groups is 1. The molecule has 1 amide bonds. The number of methoxy groups -OCH3 is 1. The lowest BCUT2D eigenvalue weighted by atomic mass is 10.0. The first kappa shape index (κ1) is 22.6. The highest BCUT2D eigenvalue weighted by Gasteiger charge is 2.21. The van der Waals surface area contributed by atoms with Crippen molar-refractivity contribution >= 4 is 5.91 Å². The van der Waals surface area contributed by atoms with Crippen LogP contribution in [0, 0.1) is 6.92 Å². The van der Waals surface area contributed by atoms with Crippen LogP contribution in [0.15, 0.2) is 59.0 Å². The van der Waals surface area contributed by atoms with E-state index in [1.165, 1.54) is 0 Å². The Morgan fingerprint density at radius 2 is 1.87 bits per heavy atom. The van der Waals surface area contributed by atoms with E-state index < -0.39 is 0 Å². The summed E-state index contributed by atoms with van der Waals surface area (Å²) in [5.74, 6) is 1.95. The molecule has 1 atom stereocenters. The Morgan fingerprint density at radius 3 is 2.55 bits per heavy atom. The number of hydrogen-bond acceptors (Lipinski definition) is 5. The van der Waals surface area contributed by atoms with Gasteiger partial charge in [-0.3, -0.25) is 9.69 Å². The number of amides is 1. The summed E-state index contributed by atoms with van der Waals surface area (Å²) in [6.07, 6.45) is 0.186. The van der Waals surface area contributed by atoms with Gasteiger partial charge in [0, 0.05) is 12.1 Å². The minimum Gasteiger partial charge on any atom is -0.497 e. The Bertz CT molecular complexity index is 981. The highest BCUT2D eigenvalue weighted by Crippen LogP contribution is 2.24. The predicted molar refractivity (Wildman–Crippen MR) is 122 cm³/mol. The van der Waals surface area contributed by atoms with Crippen molar-refractivity contribution in [3.8, 4) is 17.2 Å². The fourth-order valence-corrected chi connectivity index (χ4v) is 3.69. The fourth-order valence-electron chi connectivity index (χ4n) is 3.69. The molecule has 6 heteroatoms. The van der Waals surface area contributed by atoms with E-state index in [2.05, 4.69) is 35.1 Å². The average Bonchev–Trinajstić information content (AvgIpc) is 3.17. The third-order valence-electron chi connectivity index (χ3n) is 5.47. The third kappa shape index (κ3) is 5.73. The highest BCUT2D eigenvalue weighted by molar-refractivity contribution is 5.78. The lowest BCUT2D eigenvalue weighted by Crippen LogP contribution is -2.38. The van der Waals surface area contributed by atoms with E-state index >= 15 is 0 Å². The molecule has 0 aliphatic heterocycles. The van der Waals surface area contributed by atoms with Crippen LogP contribution in [0.4, 0.5) is 0 Å². The number of hydrogen-bond donors (Lipinski definition) is 1. The molecule has 3 aromatic rings. The normalized spacial score (nSPS) is 12.0. The van der Waals surface area contributed by atoms with Crippen molar-refractivity contribution in [2.24, 2.45) is 0 Å². The average molecular weight is 422 g/mol. The first-order valence-electron chi connectivity index (χ1n) is 10.7. The molecule has 0 saturated carbocycles. The van der Waals surface area contributed by atoms with Crippen LogP contribution in [-0.4, -0.2) is 42.5 Å². The summed E-state index contributed by atoms with van der Waals surface area (Å²) in [6.45, 7) is 8.38. The Balaban J connectivity index is 1.69. The Kier molecular flexibility index (Phi) is 7.84. The van der Waals surface area contributed by atoms with Crippen molar-refractivity contribution in [3.63, 3.8) is 0 Å². The number of nitrogens with zero attached hydrogens (tertiary/aromatic N) is 2. The molecule has 1 aromatic heterocycles. The van der Waals surface area contributed by atoms with E-state index in [4.69, 9.17) is 9.15 Å². The molecule has 0 spiro atoms.